The number of aryl methyl sites for hydroxylation is 3. The summed E-state index contributed by atoms with van der Waals surface area (Å²) >= 11 is 0. The molecule has 106 valence electrons. The lowest BCUT2D eigenvalue weighted by molar-refractivity contribution is 0.686. The van der Waals surface area contributed by atoms with E-state index in [-0.39, 0.29) is 0 Å². The summed E-state index contributed by atoms with van der Waals surface area (Å²) in [5, 5.41) is 0. The summed E-state index contributed by atoms with van der Waals surface area (Å²) in [5.74, 6) is 0. The molecule has 1 aliphatic rings. The van der Waals surface area contributed by atoms with E-state index in [0.717, 1.165) is 22.7 Å². The van der Waals surface area contributed by atoms with Crippen LogP contribution < -0.4 is 5.73 Å². The van der Waals surface area contributed by atoms with Crippen molar-refractivity contribution in [3.05, 3.63) is 53.3 Å². The summed E-state index contributed by atoms with van der Waals surface area (Å²) < 4.78 is 2.07. The highest BCUT2D eigenvalue weighted by molar-refractivity contribution is 5.66. The van der Waals surface area contributed by atoms with E-state index in [1.54, 1.807) is 0 Å². The minimum atomic E-state index is 0.803. The molecule has 0 fully saturated rings. The highest BCUT2D eigenvalue weighted by Gasteiger charge is 2.12. The maximum Gasteiger partial charge on any atom is 0.137 e. The molecule has 0 saturated carbocycles. The predicted octanol–water partition coefficient (Wildman–Crippen LogP) is 3.77. The molecule has 0 bridgehead atoms. The SMILES string of the molecule is Cc1c(N)ccc2nc(-c3ccc4c(c3)CCCC4)cn12. The molecule has 3 heteroatoms. The van der Waals surface area contributed by atoms with Crippen LogP contribution in [0.1, 0.15) is 29.7 Å². The maximum atomic E-state index is 5.98. The van der Waals surface area contributed by atoms with Gasteiger partial charge in [0.1, 0.15) is 5.65 Å². The van der Waals surface area contributed by atoms with Gasteiger partial charge in [0.05, 0.1) is 11.4 Å². The van der Waals surface area contributed by atoms with Gasteiger partial charge in [0.25, 0.3) is 0 Å². The number of nitrogens with zero attached hydrogens (tertiary/aromatic N) is 2. The minimum absolute atomic E-state index is 0.803. The van der Waals surface area contributed by atoms with E-state index in [4.69, 9.17) is 10.7 Å². The van der Waals surface area contributed by atoms with Gasteiger partial charge in [0, 0.05) is 17.5 Å². The van der Waals surface area contributed by atoms with Crippen LogP contribution in [0.2, 0.25) is 0 Å². The summed E-state index contributed by atoms with van der Waals surface area (Å²) in [7, 11) is 0. The molecule has 2 heterocycles. The molecule has 0 aliphatic heterocycles. The van der Waals surface area contributed by atoms with Crippen LogP contribution >= 0.6 is 0 Å². The molecule has 4 rings (SSSR count). The van der Waals surface area contributed by atoms with Crippen molar-refractivity contribution < 1.29 is 0 Å². The van der Waals surface area contributed by atoms with Gasteiger partial charge in [-0.05, 0) is 61.9 Å². The first kappa shape index (κ1) is 12.5. The Kier molecular flexibility index (Phi) is 2.74. The number of pyridine rings is 1. The zero-order valence-electron chi connectivity index (χ0n) is 12.3. The van der Waals surface area contributed by atoms with E-state index in [1.165, 1.54) is 42.4 Å². The summed E-state index contributed by atoms with van der Waals surface area (Å²) in [4.78, 5) is 4.74. The Morgan fingerprint density at radius 3 is 2.71 bits per heavy atom. The van der Waals surface area contributed by atoms with Crippen molar-refractivity contribution in [3.63, 3.8) is 0 Å². The van der Waals surface area contributed by atoms with Crippen LogP contribution in [0.15, 0.2) is 36.5 Å². The Hall–Kier alpha value is -2.29. The number of nitrogens with two attached hydrogens (primary N) is 1. The maximum absolute atomic E-state index is 5.98. The van der Waals surface area contributed by atoms with Crippen molar-refractivity contribution in [2.75, 3.05) is 5.73 Å². The Balaban J connectivity index is 1.84. The lowest BCUT2D eigenvalue weighted by atomic mass is 9.90. The van der Waals surface area contributed by atoms with Gasteiger partial charge in [0.2, 0.25) is 0 Å². The first-order valence-electron chi connectivity index (χ1n) is 7.59. The van der Waals surface area contributed by atoms with E-state index in [0.29, 0.717) is 0 Å². The van der Waals surface area contributed by atoms with E-state index in [9.17, 15) is 0 Å². The summed E-state index contributed by atoms with van der Waals surface area (Å²) in [6.07, 6.45) is 7.13. The molecule has 2 N–H and O–H groups in total. The van der Waals surface area contributed by atoms with Crippen molar-refractivity contribution in [1.82, 2.24) is 9.38 Å². The van der Waals surface area contributed by atoms with E-state index in [1.807, 2.05) is 19.1 Å². The number of aromatic nitrogens is 2. The number of imidazole rings is 1. The average Bonchev–Trinajstić information content (AvgIpc) is 2.95. The van der Waals surface area contributed by atoms with Crippen molar-refractivity contribution in [3.8, 4) is 11.3 Å². The molecule has 0 saturated heterocycles. The predicted molar refractivity (Wildman–Crippen MR) is 86.4 cm³/mol. The van der Waals surface area contributed by atoms with Crippen LogP contribution in [0.25, 0.3) is 16.9 Å². The monoisotopic (exact) mass is 277 g/mol. The molecule has 0 spiro atoms. The molecule has 0 radical (unpaired) electrons. The summed E-state index contributed by atoms with van der Waals surface area (Å²) in [6, 6.07) is 10.7. The Bertz CT molecular complexity index is 830. The molecule has 1 aliphatic carbocycles. The second-order valence-electron chi connectivity index (χ2n) is 5.92. The molecular formula is C18H19N3. The highest BCUT2D eigenvalue weighted by atomic mass is 15.0. The third kappa shape index (κ3) is 2.00. The summed E-state index contributed by atoms with van der Waals surface area (Å²) in [6.45, 7) is 2.03. The fraction of sp³-hybridized carbons (Fsp3) is 0.278. The molecule has 0 amide bonds. The molecule has 3 nitrogen and oxygen atoms in total. The van der Waals surface area contributed by atoms with Crippen molar-refractivity contribution >= 4 is 11.3 Å². The van der Waals surface area contributed by atoms with Gasteiger partial charge in [-0.25, -0.2) is 4.98 Å². The molecule has 1 aromatic carbocycles. The smallest absolute Gasteiger partial charge is 0.137 e. The van der Waals surface area contributed by atoms with Crippen LogP contribution in [0.3, 0.4) is 0 Å². The van der Waals surface area contributed by atoms with Crippen LogP contribution in [0, 0.1) is 6.92 Å². The van der Waals surface area contributed by atoms with Gasteiger partial charge in [0.15, 0.2) is 0 Å². The number of benzene rings is 1. The van der Waals surface area contributed by atoms with Gasteiger partial charge in [-0.3, -0.25) is 0 Å². The second kappa shape index (κ2) is 4.62. The van der Waals surface area contributed by atoms with E-state index < -0.39 is 0 Å². The van der Waals surface area contributed by atoms with Crippen LogP contribution in [-0.4, -0.2) is 9.38 Å². The van der Waals surface area contributed by atoms with Gasteiger partial charge in [-0.1, -0.05) is 12.1 Å². The zero-order chi connectivity index (χ0) is 14.4. The standard InChI is InChI=1S/C18H19N3/c1-12-16(19)8-9-18-20-17(11-21(12)18)15-7-6-13-4-2-3-5-14(13)10-15/h6-11H,2-5,19H2,1H3. The van der Waals surface area contributed by atoms with Crippen molar-refractivity contribution in [2.45, 2.75) is 32.6 Å². The third-order valence-corrected chi connectivity index (χ3v) is 4.57. The number of hydrogen-bond donors (Lipinski definition) is 1. The molecular weight excluding hydrogens is 258 g/mol. The Morgan fingerprint density at radius 1 is 1.05 bits per heavy atom. The second-order valence-corrected chi connectivity index (χ2v) is 5.92. The zero-order valence-corrected chi connectivity index (χ0v) is 12.3. The normalized spacial score (nSPS) is 14.3. The van der Waals surface area contributed by atoms with Gasteiger partial charge >= 0.3 is 0 Å². The third-order valence-electron chi connectivity index (χ3n) is 4.57. The molecule has 0 unspecified atom stereocenters. The van der Waals surface area contributed by atoms with Gasteiger partial charge in [-0.15, -0.1) is 0 Å². The largest absolute Gasteiger partial charge is 0.397 e. The average molecular weight is 277 g/mol. The topological polar surface area (TPSA) is 43.3 Å². The number of hydrogen-bond acceptors (Lipinski definition) is 2. The van der Waals surface area contributed by atoms with Crippen LogP contribution in [0.5, 0.6) is 0 Å². The lowest BCUT2D eigenvalue weighted by Gasteiger charge is -2.15. The Labute approximate surface area is 124 Å². The molecule has 21 heavy (non-hydrogen) atoms. The fourth-order valence-electron chi connectivity index (χ4n) is 3.24. The van der Waals surface area contributed by atoms with Gasteiger partial charge < -0.3 is 10.1 Å². The number of rotatable bonds is 1. The highest BCUT2D eigenvalue weighted by Crippen LogP contribution is 2.28. The number of anilines is 1. The van der Waals surface area contributed by atoms with Crippen LogP contribution in [0.4, 0.5) is 5.69 Å². The fourth-order valence-corrected chi connectivity index (χ4v) is 3.24. The van der Waals surface area contributed by atoms with Crippen LogP contribution in [-0.2, 0) is 12.8 Å². The molecule has 2 aromatic heterocycles. The summed E-state index contributed by atoms with van der Waals surface area (Å²) in [5.41, 5.74) is 14.0. The first-order chi connectivity index (χ1) is 10.2. The lowest BCUT2D eigenvalue weighted by Crippen LogP contribution is -2.02. The number of nitrogen functional groups attached to an aromatic ring is 1. The molecule has 3 aromatic rings. The Morgan fingerprint density at radius 2 is 1.86 bits per heavy atom. The molecule has 0 atom stereocenters. The van der Waals surface area contributed by atoms with Crippen molar-refractivity contribution in [1.29, 1.82) is 0 Å². The van der Waals surface area contributed by atoms with Gasteiger partial charge in [-0.2, -0.15) is 0 Å². The minimum Gasteiger partial charge on any atom is -0.397 e. The van der Waals surface area contributed by atoms with E-state index in [2.05, 4.69) is 28.8 Å². The van der Waals surface area contributed by atoms with Crippen molar-refractivity contribution in [2.24, 2.45) is 0 Å². The first-order valence-corrected chi connectivity index (χ1v) is 7.59. The van der Waals surface area contributed by atoms with E-state index >= 15 is 0 Å². The quantitative estimate of drug-likeness (QED) is 0.735. The number of fused-ring (bicyclic) bond motifs is 2.